The fraction of sp³-hybridized carbons (Fsp3) is 0.500. The first-order valence-electron chi connectivity index (χ1n) is 6.16. The van der Waals surface area contributed by atoms with Crippen LogP contribution in [0.2, 0.25) is 0 Å². The third-order valence-electron chi connectivity index (χ3n) is 3.28. The highest BCUT2D eigenvalue weighted by atomic mass is 79.9. The summed E-state index contributed by atoms with van der Waals surface area (Å²) in [6.45, 7) is 2.67. The Kier molecular flexibility index (Phi) is 4.75. The summed E-state index contributed by atoms with van der Waals surface area (Å²) in [4.78, 5) is 14.3. The molecular weight excluding hydrogens is 278 g/mol. The van der Waals surface area contributed by atoms with Crippen molar-refractivity contribution in [2.24, 2.45) is 5.92 Å². The molecule has 0 spiro atoms. The monoisotopic (exact) mass is 295 g/mol. The highest BCUT2D eigenvalue weighted by molar-refractivity contribution is 9.09. The van der Waals surface area contributed by atoms with E-state index in [1.54, 1.807) is 0 Å². The minimum atomic E-state index is 0.237. The molecule has 1 aliphatic heterocycles. The van der Waals surface area contributed by atoms with Crippen LogP contribution in [0, 0.1) is 5.92 Å². The maximum absolute atomic E-state index is 12.1. The number of hydrogen-bond acceptors (Lipinski definition) is 2. The molecule has 1 heterocycles. The maximum atomic E-state index is 12.1. The molecule has 1 aromatic rings. The lowest BCUT2D eigenvalue weighted by atomic mass is 9.99. The first-order chi connectivity index (χ1) is 8.29. The second-order valence-electron chi connectivity index (χ2n) is 4.69. The average Bonchev–Trinajstić information content (AvgIpc) is 2.40. The normalized spacial score (nSPS) is 21.4. The standard InChI is InChI=1S/C14H18BrNO/c15-9-12-5-4-8-16(10-12)11-14(17)13-6-2-1-3-7-13/h1-3,6-7,12H,4-5,8-11H2. The Morgan fingerprint density at radius 2 is 2.12 bits per heavy atom. The molecule has 3 heteroatoms. The molecule has 0 aromatic heterocycles. The summed E-state index contributed by atoms with van der Waals surface area (Å²) in [5.41, 5.74) is 0.827. The number of likely N-dealkylation sites (tertiary alicyclic amines) is 1. The summed E-state index contributed by atoms with van der Waals surface area (Å²) < 4.78 is 0. The van der Waals surface area contributed by atoms with Gasteiger partial charge in [-0.3, -0.25) is 9.69 Å². The molecule has 0 N–H and O–H groups in total. The summed E-state index contributed by atoms with van der Waals surface area (Å²) in [5.74, 6) is 0.938. The number of carbonyl (C=O) groups excluding carboxylic acids is 1. The van der Waals surface area contributed by atoms with Crippen molar-refractivity contribution in [2.75, 3.05) is 25.0 Å². The van der Waals surface area contributed by atoms with Crippen molar-refractivity contribution in [2.45, 2.75) is 12.8 Å². The molecule has 0 amide bonds. The number of nitrogens with zero attached hydrogens (tertiary/aromatic N) is 1. The van der Waals surface area contributed by atoms with E-state index in [4.69, 9.17) is 0 Å². The average molecular weight is 296 g/mol. The minimum Gasteiger partial charge on any atom is -0.296 e. The molecule has 0 aliphatic carbocycles. The van der Waals surface area contributed by atoms with Crippen LogP contribution in [0.3, 0.4) is 0 Å². The third-order valence-corrected chi connectivity index (χ3v) is 4.20. The first kappa shape index (κ1) is 12.8. The van der Waals surface area contributed by atoms with Crippen LogP contribution >= 0.6 is 15.9 Å². The number of Topliss-reactive ketones (excluding diaryl/α,β-unsaturated/α-hetero) is 1. The fourth-order valence-corrected chi connectivity index (χ4v) is 2.87. The number of alkyl halides is 1. The molecule has 1 aromatic carbocycles. The molecular formula is C14H18BrNO. The molecule has 2 rings (SSSR count). The zero-order valence-corrected chi connectivity index (χ0v) is 11.5. The topological polar surface area (TPSA) is 20.3 Å². The van der Waals surface area contributed by atoms with Crippen LogP contribution in [0.4, 0.5) is 0 Å². The first-order valence-corrected chi connectivity index (χ1v) is 7.28. The van der Waals surface area contributed by atoms with Crippen LogP contribution in [0.15, 0.2) is 30.3 Å². The molecule has 1 saturated heterocycles. The lowest BCUT2D eigenvalue weighted by Gasteiger charge is -2.31. The predicted octanol–water partition coefficient (Wildman–Crippen LogP) is 2.98. The van der Waals surface area contributed by atoms with Gasteiger partial charge in [0.15, 0.2) is 5.78 Å². The van der Waals surface area contributed by atoms with Crippen molar-refractivity contribution in [1.82, 2.24) is 4.90 Å². The Balaban J connectivity index is 1.90. The molecule has 0 bridgehead atoms. The van der Waals surface area contributed by atoms with Crippen LogP contribution in [0.1, 0.15) is 23.2 Å². The van der Waals surface area contributed by atoms with Crippen molar-refractivity contribution in [3.05, 3.63) is 35.9 Å². The predicted molar refractivity (Wildman–Crippen MR) is 73.7 cm³/mol. The van der Waals surface area contributed by atoms with Gasteiger partial charge in [-0.05, 0) is 25.3 Å². The van der Waals surface area contributed by atoms with E-state index in [1.807, 2.05) is 30.3 Å². The van der Waals surface area contributed by atoms with Gasteiger partial charge in [-0.2, -0.15) is 0 Å². The van der Waals surface area contributed by atoms with E-state index < -0.39 is 0 Å². The molecule has 0 radical (unpaired) electrons. The summed E-state index contributed by atoms with van der Waals surface area (Å²) in [7, 11) is 0. The smallest absolute Gasteiger partial charge is 0.176 e. The van der Waals surface area contributed by atoms with E-state index in [1.165, 1.54) is 12.8 Å². The van der Waals surface area contributed by atoms with Gasteiger partial charge in [-0.25, -0.2) is 0 Å². The number of rotatable bonds is 4. The van der Waals surface area contributed by atoms with Crippen LogP contribution in [0.25, 0.3) is 0 Å². The van der Waals surface area contributed by atoms with Gasteiger partial charge >= 0.3 is 0 Å². The Labute approximate surface area is 111 Å². The molecule has 92 valence electrons. The fourth-order valence-electron chi connectivity index (χ4n) is 2.34. The number of piperidine rings is 1. The van der Waals surface area contributed by atoms with Crippen molar-refractivity contribution in [3.63, 3.8) is 0 Å². The van der Waals surface area contributed by atoms with Crippen LogP contribution in [0.5, 0.6) is 0 Å². The van der Waals surface area contributed by atoms with Crippen LogP contribution in [-0.4, -0.2) is 35.6 Å². The maximum Gasteiger partial charge on any atom is 0.176 e. The minimum absolute atomic E-state index is 0.237. The molecule has 0 saturated carbocycles. The largest absolute Gasteiger partial charge is 0.296 e. The number of ketones is 1. The molecule has 1 unspecified atom stereocenters. The van der Waals surface area contributed by atoms with Gasteiger partial charge in [-0.1, -0.05) is 46.3 Å². The molecule has 1 atom stereocenters. The van der Waals surface area contributed by atoms with E-state index in [9.17, 15) is 4.79 Å². The van der Waals surface area contributed by atoms with Crippen LogP contribution in [-0.2, 0) is 0 Å². The number of benzene rings is 1. The molecule has 17 heavy (non-hydrogen) atoms. The Hall–Kier alpha value is -0.670. The van der Waals surface area contributed by atoms with Gasteiger partial charge in [0.2, 0.25) is 0 Å². The Morgan fingerprint density at radius 3 is 2.82 bits per heavy atom. The lowest BCUT2D eigenvalue weighted by Crippen LogP contribution is -2.39. The van der Waals surface area contributed by atoms with Gasteiger partial charge in [-0.15, -0.1) is 0 Å². The van der Waals surface area contributed by atoms with Crippen LogP contribution < -0.4 is 0 Å². The number of halogens is 1. The van der Waals surface area contributed by atoms with E-state index >= 15 is 0 Å². The summed E-state index contributed by atoms with van der Waals surface area (Å²) in [5, 5.41) is 1.04. The highest BCUT2D eigenvalue weighted by Gasteiger charge is 2.20. The van der Waals surface area contributed by atoms with Gasteiger partial charge in [0.1, 0.15) is 0 Å². The van der Waals surface area contributed by atoms with Gasteiger partial charge in [0, 0.05) is 17.4 Å². The molecule has 1 aliphatic rings. The van der Waals surface area contributed by atoms with Gasteiger partial charge in [0.25, 0.3) is 0 Å². The third kappa shape index (κ3) is 3.65. The zero-order chi connectivity index (χ0) is 12.1. The van der Waals surface area contributed by atoms with E-state index in [2.05, 4.69) is 20.8 Å². The SMILES string of the molecule is O=C(CN1CCCC(CBr)C1)c1ccccc1. The molecule has 2 nitrogen and oxygen atoms in total. The second kappa shape index (κ2) is 6.31. The second-order valence-corrected chi connectivity index (χ2v) is 5.33. The number of hydrogen-bond donors (Lipinski definition) is 0. The van der Waals surface area contributed by atoms with E-state index in [0.717, 1.165) is 24.0 Å². The summed E-state index contributed by atoms with van der Waals surface area (Å²) in [6, 6.07) is 9.58. The summed E-state index contributed by atoms with van der Waals surface area (Å²) in [6.07, 6.45) is 2.49. The van der Waals surface area contributed by atoms with E-state index in [0.29, 0.717) is 12.5 Å². The number of carbonyl (C=O) groups is 1. The van der Waals surface area contributed by atoms with Crippen molar-refractivity contribution >= 4 is 21.7 Å². The zero-order valence-electron chi connectivity index (χ0n) is 9.94. The van der Waals surface area contributed by atoms with Crippen molar-refractivity contribution in [3.8, 4) is 0 Å². The lowest BCUT2D eigenvalue weighted by molar-refractivity contribution is 0.0894. The van der Waals surface area contributed by atoms with Crippen molar-refractivity contribution < 1.29 is 4.79 Å². The van der Waals surface area contributed by atoms with E-state index in [-0.39, 0.29) is 5.78 Å². The van der Waals surface area contributed by atoms with Crippen molar-refractivity contribution in [1.29, 1.82) is 0 Å². The molecule has 1 fully saturated rings. The Bertz CT molecular complexity index is 366. The highest BCUT2D eigenvalue weighted by Crippen LogP contribution is 2.18. The van der Waals surface area contributed by atoms with Gasteiger partial charge in [0.05, 0.1) is 6.54 Å². The Morgan fingerprint density at radius 1 is 1.35 bits per heavy atom. The summed E-state index contributed by atoms with van der Waals surface area (Å²) >= 11 is 3.54. The quantitative estimate of drug-likeness (QED) is 0.629. The van der Waals surface area contributed by atoms with Gasteiger partial charge < -0.3 is 0 Å².